The van der Waals surface area contributed by atoms with Crippen LogP contribution < -0.4 is 10.6 Å². The molecule has 2 amide bonds. The zero-order chi connectivity index (χ0) is 9.40. The predicted octanol–water partition coefficient (Wildman–Crippen LogP) is 0.386. The minimum absolute atomic E-state index is 0.0195. The van der Waals surface area contributed by atoms with Crippen LogP contribution in [0, 0.1) is 0 Å². The number of hydrogen-bond acceptors (Lipinski definition) is 2. The molecule has 4 nitrogen and oxygen atoms in total. The SMILES string of the molecule is CCCC(=O)NCNC(=O)CC. The largest absolute Gasteiger partial charge is 0.339 e. The summed E-state index contributed by atoms with van der Waals surface area (Å²) in [4.78, 5) is 21.5. The number of amides is 2. The Morgan fingerprint density at radius 1 is 1.08 bits per heavy atom. The second-order valence-electron chi connectivity index (χ2n) is 2.48. The lowest BCUT2D eigenvalue weighted by molar-refractivity contribution is -0.122. The Kier molecular flexibility index (Phi) is 6.05. The highest BCUT2D eigenvalue weighted by molar-refractivity contribution is 5.78. The van der Waals surface area contributed by atoms with Crippen LogP contribution in [0.15, 0.2) is 0 Å². The third-order valence-electron chi connectivity index (χ3n) is 1.37. The lowest BCUT2D eigenvalue weighted by Crippen LogP contribution is -2.36. The third-order valence-corrected chi connectivity index (χ3v) is 1.37. The molecule has 12 heavy (non-hydrogen) atoms. The van der Waals surface area contributed by atoms with Gasteiger partial charge in [0.15, 0.2) is 0 Å². The first-order chi connectivity index (χ1) is 5.70. The Labute approximate surface area is 72.7 Å². The molecule has 0 aromatic carbocycles. The van der Waals surface area contributed by atoms with Gasteiger partial charge in [-0.05, 0) is 6.42 Å². The van der Waals surface area contributed by atoms with Crippen molar-refractivity contribution in [3.63, 3.8) is 0 Å². The quantitative estimate of drug-likeness (QED) is 0.589. The van der Waals surface area contributed by atoms with Crippen LogP contribution in [0.25, 0.3) is 0 Å². The second-order valence-corrected chi connectivity index (χ2v) is 2.48. The van der Waals surface area contributed by atoms with E-state index in [2.05, 4.69) is 10.6 Å². The molecule has 70 valence electrons. The van der Waals surface area contributed by atoms with Crippen LogP contribution in [-0.4, -0.2) is 18.5 Å². The molecule has 0 fully saturated rings. The van der Waals surface area contributed by atoms with Gasteiger partial charge in [0.05, 0.1) is 6.67 Å². The molecule has 0 aromatic rings. The second kappa shape index (κ2) is 6.64. The van der Waals surface area contributed by atoms with Gasteiger partial charge in [0.2, 0.25) is 11.8 Å². The molecule has 0 saturated heterocycles. The van der Waals surface area contributed by atoms with Crippen LogP contribution in [0.4, 0.5) is 0 Å². The van der Waals surface area contributed by atoms with Crippen molar-refractivity contribution in [3.05, 3.63) is 0 Å². The Balaban J connectivity index is 3.30. The fourth-order valence-corrected chi connectivity index (χ4v) is 0.682. The molecule has 0 atom stereocenters. The number of carbonyl (C=O) groups is 2. The van der Waals surface area contributed by atoms with Gasteiger partial charge in [-0.2, -0.15) is 0 Å². The highest BCUT2D eigenvalue weighted by Gasteiger charge is 1.98. The Morgan fingerprint density at radius 3 is 2.17 bits per heavy atom. The van der Waals surface area contributed by atoms with Gasteiger partial charge in [-0.15, -0.1) is 0 Å². The maximum absolute atomic E-state index is 10.9. The summed E-state index contributed by atoms with van der Waals surface area (Å²) in [6.07, 6.45) is 1.79. The maximum Gasteiger partial charge on any atom is 0.221 e. The summed E-state index contributed by atoms with van der Waals surface area (Å²) in [5.74, 6) is -0.0688. The fourth-order valence-electron chi connectivity index (χ4n) is 0.682. The van der Waals surface area contributed by atoms with Gasteiger partial charge in [0.1, 0.15) is 0 Å². The fraction of sp³-hybridized carbons (Fsp3) is 0.750. The van der Waals surface area contributed by atoms with Crippen molar-refractivity contribution < 1.29 is 9.59 Å². The highest BCUT2D eigenvalue weighted by atomic mass is 16.2. The molecule has 0 heterocycles. The lowest BCUT2D eigenvalue weighted by atomic mass is 10.3. The summed E-state index contributed by atoms with van der Waals surface area (Å²) in [5, 5.41) is 5.13. The summed E-state index contributed by atoms with van der Waals surface area (Å²) in [5.41, 5.74) is 0. The first kappa shape index (κ1) is 10.9. The molecule has 4 heteroatoms. The zero-order valence-corrected chi connectivity index (χ0v) is 7.64. The van der Waals surface area contributed by atoms with Crippen LogP contribution in [0.2, 0.25) is 0 Å². The molecular weight excluding hydrogens is 156 g/mol. The van der Waals surface area contributed by atoms with Crippen molar-refractivity contribution in [3.8, 4) is 0 Å². The Hall–Kier alpha value is -1.06. The molecule has 0 aromatic heterocycles. The van der Waals surface area contributed by atoms with Gasteiger partial charge in [0.25, 0.3) is 0 Å². The van der Waals surface area contributed by atoms with Crippen LogP contribution in [0.5, 0.6) is 0 Å². The number of nitrogens with one attached hydrogen (secondary N) is 2. The lowest BCUT2D eigenvalue weighted by Gasteiger charge is -2.04. The monoisotopic (exact) mass is 172 g/mol. The van der Waals surface area contributed by atoms with Crippen molar-refractivity contribution in [2.45, 2.75) is 33.1 Å². The summed E-state index contributed by atoms with van der Waals surface area (Å²) in [7, 11) is 0. The normalized spacial score (nSPS) is 9.17. The molecule has 0 radical (unpaired) electrons. The van der Waals surface area contributed by atoms with Crippen LogP contribution in [-0.2, 0) is 9.59 Å². The van der Waals surface area contributed by atoms with Gasteiger partial charge >= 0.3 is 0 Å². The number of hydrogen-bond donors (Lipinski definition) is 2. The molecule has 0 aliphatic carbocycles. The van der Waals surface area contributed by atoms with E-state index in [4.69, 9.17) is 0 Å². The first-order valence-corrected chi connectivity index (χ1v) is 4.24. The van der Waals surface area contributed by atoms with E-state index in [1.165, 1.54) is 0 Å². The molecule has 0 aliphatic rings. The van der Waals surface area contributed by atoms with E-state index >= 15 is 0 Å². The van der Waals surface area contributed by atoms with Crippen molar-refractivity contribution in [2.75, 3.05) is 6.67 Å². The average Bonchev–Trinajstić information content (AvgIpc) is 2.04. The van der Waals surface area contributed by atoms with Crippen molar-refractivity contribution in [1.82, 2.24) is 10.6 Å². The third kappa shape index (κ3) is 5.70. The molecule has 0 aliphatic heterocycles. The van der Waals surface area contributed by atoms with E-state index in [1.54, 1.807) is 6.92 Å². The smallest absolute Gasteiger partial charge is 0.221 e. The van der Waals surface area contributed by atoms with E-state index in [1.807, 2.05) is 6.92 Å². The average molecular weight is 172 g/mol. The maximum atomic E-state index is 10.9. The van der Waals surface area contributed by atoms with Gasteiger partial charge in [-0.1, -0.05) is 13.8 Å². The molecule has 0 spiro atoms. The topological polar surface area (TPSA) is 58.2 Å². The summed E-state index contributed by atoms with van der Waals surface area (Å²) in [6.45, 7) is 3.94. The minimum Gasteiger partial charge on any atom is -0.339 e. The minimum atomic E-state index is -0.0493. The zero-order valence-electron chi connectivity index (χ0n) is 7.64. The Bertz CT molecular complexity index is 157. The van der Waals surface area contributed by atoms with Crippen molar-refractivity contribution in [2.24, 2.45) is 0 Å². The van der Waals surface area contributed by atoms with Crippen LogP contribution >= 0.6 is 0 Å². The van der Waals surface area contributed by atoms with E-state index in [-0.39, 0.29) is 18.5 Å². The van der Waals surface area contributed by atoms with E-state index < -0.39 is 0 Å². The van der Waals surface area contributed by atoms with Gasteiger partial charge in [-0.3, -0.25) is 9.59 Å². The van der Waals surface area contributed by atoms with Crippen LogP contribution in [0.3, 0.4) is 0 Å². The highest BCUT2D eigenvalue weighted by Crippen LogP contribution is 1.83. The molecule has 2 N–H and O–H groups in total. The summed E-state index contributed by atoms with van der Waals surface area (Å²) < 4.78 is 0. The molecule has 0 rings (SSSR count). The van der Waals surface area contributed by atoms with Crippen molar-refractivity contribution in [1.29, 1.82) is 0 Å². The Morgan fingerprint density at radius 2 is 1.67 bits per heavy atom. The molecule has 0 bridgehead atoms. The number of carbonyl (C=O) groups excluding carboxylic acids is 2. The molecule has 0 saturated carbocycles. The van der Waals surface area contributed by atoms with E-state index in [0.717, 1.165) is 6.42 Å². The van der Waals surface area contributed by atoms with Gasteiger partial charge in [-0.25, -0.2) is 0 Å². The van der Waals surface area contributed by atoms with E-state index in [0.29, 0.717) is 12.8 Å². The van der Waals surface area contributed by atoms with Crippen molar-refractivity contribution >= 4 is 11.8 Å². The number of rotatable bonds is 5. The van der Waals surface area contributed by atoms with Crippen LogP contribution in [0.1, 0.15) is 33.1 Å². The molecule has 0 unspecified atom stereocenters. The summed E-state index contributed by atoms with van der Waals surface area (Å²) >= 11 is 0. The predicted molar refractivity (Wildman–Crippen MR) is 46.4 cm³/mol. The standard InChI is InChI=1S/C8H16N2O2/c1-3-5-8(12)10-6-9-7(11)4-2/h3-6H2,1-2H3,(H,9,11)(H,10,12). The van der Waals surface area contributed by atoms with Gasteiger partial charge < -0.3 is 10.6 Å². The first-order valence-electron chi connectivity index (χ1n) is 4.24. The summed E-state index contributed by atoms with van der Waals surface area (Å²) in [6, 6.07) is 0. The van der Waals surface area contributed by atoms with Gasteiger partial charge in [0, 0.05) is 12.8 Å². The molecular formula is C8H16N2O2. The van der Waals surface area contributed by atoms with E-state index in [9.17, 15) is 9.59 Å².